The van der Waals surface area contributed by atoms with Gasteiger partial charge in [0.15, 0.2) is 5.76 Å². The maximum atomic E-state index is 12.5. The summed E-state index contributed by atoms with van der Waals surface area (Å²) in [5, 5.41) is 4.56. The van der Waals surface area contributed by atoms with E-state index in [9.17, 15) is 4.79 Å². The summed E-state index contributed by atoms with van der Waals surface area (Å²) in [6.45, 7) is 2.09. The molecule has 0 aliphatic heterocycles. The molecule has 0 saturated carbocycles. The van der Waals surface area contributed by atoms with Crippen LogP contribution in [0.3, 0.4) is 0 Å². The number of furan rings is 1. The Kier molecular flexibility index (Phi) is 4.05. The lowest BCUT2D eigenvalue weighted by Gasteiger charge is -2.03. The maximum absolute atomic E-state index is 12.5. The second kappa shape index (κ2) is 6.52. The number of pyridine rings is 1. The van der Waals surface area contributed by atoms with Crippen LogP contribution in [0, 0.1) is 0 Å². The molecule has 4 aromatic rings. The van der Waals surface area contributed by atoms with Gasteiger partial charge in [0.05, 0.1) is 12.6 Å². The van der Waals surface area contributed by atoms with Crippen LogP contribution in [0.25, 0.3) is 22.0 Å². The molecule has 4 rings (SSSR count). The molecule has 0 aliphatic rings. The van der Waals surface area contributed by atoms with Crippen LogP contribution in [-0.2, 0) is 6.42 Å². The fourth-order valence-corrected chi connectivity index (χ4v) is 2.87. The van der Waals surface area contributed by atoms with Gasteiger partial charge >= 0.3 is 0 Å². The Hall–Kier alpha value is -3.34. The van der Waals surface area contributed by atoms with Gasteiger partial charge in [0.1, 0.15) is 5.75 Å². The molecule has 2 heterocycles. The largest absolute Gasteiger partial charge is 0.497 e. The van der Waals surface area contributed by atoms with Crippen molar-refractivity contribution < 1.29 is 13.9 Å². The van der Waals surface area contributed by atoms with Gasteiger partial charge in [-0.2, -0.15) is 0 Å². The molecule has 0 aliphatic carbocycles. The molecule has 5 nitrogen and oxygen atoms in total. The van der Waals surface area contributed by atoms with Gasteiger partial charge in [-0.15, -0.1) is 0 Å². The van der Waals surface area contributed by atoms with Crippen LogP contribution in [0.4, 0.5) is 5.69 Å². The quantitative estimate of drug-likeness (QED) is 0.576. The SMILES string of the molecule is CCc1ccc(NC(=O)c2cc3cc4cc(OC)ccc4nc3o2)cc1. The highest BCUT2D eigenvalue weighted by atomic mass is 16.5. The number of carbonyl (C=O) groups is 1. The number of nitrogens with one attached hydrogen (secondary N) is 1. The summed E-state index contributed by atoms with van der Waals surface area (Å²) in [6, 6.07) is 17.0. The highest BCUT2D eigenvalue weighted by Crippen LogP contribution is 2.26. The minimum absolute atomic E-state index is 0.231. The second-order valence-corrected chi connectivity index (χ2v) is 6.06. The summed E-state index contributed by atoms with van der Waals surface area (Å²) in [5.74, 6) is 0.693. The van der Waals surface area contributed by atoms with Crippen molar-refractivity contribution in [3.05, 3.63) is 65.9 Å². The number of carbonyl (C=O) groups excluding carboxylic acids is 1. The van der Waals surface area contributed by atoms with Gasteiger partial charge in [-0.3, -0.25) is 4.79 Å². The molecule has 0 fully saturated rings. The highest BCUT2D eigenvalue weighted by molar-refractivity contribution is 6.05. The highest BCUT2D eigenvalue weighted by Gasteiger charge is 2.14. The van der Waals surface area contributed by atoms with E-state index in [2.05, 4.69) is 17.2 Å². The predicted molar refractivity (Wildman–Crippen MR) is 102 cm³/mol. The normalized spacial score (nSPS) is 11.0. The van der Waals surface area contributed by atoms with E-state index in [4.69, 9.17) is 9.15 Å². The smallest absolute Gasteiger partial charge is 0.291 e. The Labute approximate surface area is 150 Å². The maximum Gasteiger partial charge on any atom is 0.291 e. The standard InChI is InChI=1S/C21H18N2O3/c1-3-13-4-6-16(7-5-13)22-20(24)19-12-15-10-14-11-17(25-2)8-9-18(14)23-21(15)26-19/h4-12H,3H2,1-2H3,(H,22,24). The summed E-state index contributed by atoms with van der Waals surface area (Å²) in [7, 11) is 1.63. The van der Waals surface area contributed by atoms with E-state index in [0.29, 0.717) is 5.71 Å². The van der Waals surface area contributed by atoms with E-state index in [1.807, 2.05) is 48.5 Å². The molecule has 0 saturated heterocycles. The molecule has 1 N–H and O–H groups in total. The number of rotatable bonds is 4. The predicted octanol–water partition coefficient (Wildman–Crippen LogP) is 4.80. The molecule has 0 atom stereocenters. The summed E-state index contributed by atoms with van der Waals surface area (Å²) in [6.07, 6.45) is 0.960. The minimum Gasteiger partial charge on any atom is -0.497 e. The van der Waals surface area contributed by atoms with E-state index in [1.165, 1.54) is 5.56 Å². The monoisotopic (exact) mass is 346 g/mol. The molecule has 130 valence electrons. The Morgan fingerprint density at radius 2 is 1.88 bits per heavy atom. The van der Waals surface area contributed by atoms with E-state index in [-0.39, 0.29) is 11.7 Å². The fraction of sp³-hybridized carbons (Fsp3) is 0.143. The third kappa shape index (κ3) is 2.99. The second-order valence-electron chi connectivity index (χ2n) is 6.06. The van der Waals surface area contributed by atoms with Gasteiger partial charge in [0.25, 0.3) is 5.91 Å². The van der Waals surface area contributed by atoms with Crippen molar-refractivity contribution in [3.8, 4) is 5.75 Å². The third-order valence-electron chi connectivity index (χ3n) is 4.35. The van der Waals surface area contributed by atoms with Gasteiger partial charge in [-0.25, -0.2) is 4.98 Å². The van der Waals surface area contributed by atoms with Gasteiger partial charge < -0.3 is 14.5 Å². The molecule has 0 bridgehead atoms. The average molecular weight is 346 g/mol. The number of hydrogen-bond donors (Lipinski definition) is 1. The first-order chi connectivity index (χ1) is 12.7. The first-order valence-corrected chi connectivity index (χ1v) is 8.45. The molecule has 5 heteroatoms. The molecular formula is C21H18N2O3. The average Bonchev–Trinajstić information content (AvgIpc) is 3.09. The summed E-state index contributed by atoms with van der Waals surface area (Å²) < 4.78 is 10.9. The Morgan fingerprint density at radius 1 is 1.08 bits per heavy atom. The van der Waals surface area contributed by atoms with Crippen molar-refractivity contribution in [2.24, 2.45) is 0 Å². The summed E-state index contributed by atoms with van der Waals surface area (Å²) in [5.41, 5.74) is 3.18. The van der Waals surface area contributed by atoms with Gasteiger partial charge in [0.2, 0.25) is 5.71 Å². The first kappa shape index (κ1) is 16.1. The summed E-state index contributed by atoms with van der Waals surface area (Å²) >= 11 is 0. The molecular weight excluding hydrogens is 328 g/mol. The van der Waals surface area contributed by atoms with Gasteiger partial charge in [-0.1, -0.05) is 19.1 Å². The van der Waals surface area contributed by atoms with Crippen molar-refractivity contribution in [1.82, 2.24) is 4.98 Å². The number of ether oxygens (including phenoxy) is 1. The lowest BCUT2D eigenvalue weighted by Crippen LogP contribution is -2.10. The van der Waals surface area contributed by atoms with Crippen LogP contribution in [0.1, 0.15) is 23.0 Å². The van der Waals surface area contributed by atoms with Crippen molar-refractivity contribution in [1.29, 1.82) is 0 Å². The lowest BCUT2D eigenvalue weighted by molar-refractivity contribution is 0.0998. The third-order valence-corrected chi connectivity index (χ3v) is 4.35. The van der Waals surface area contributed by atoms with Crippen LogP contribution in [0.5, 0.6) is 5.75 Å². The number of methoxy groups -OCH3 is 1. The molecule has 1 amide bonds. The van der Waals surface area contributed by atoms with Crippen LogP contribution < -0.4 is 10.1 Å². The number of anilines is 1. The number of benzene rings is 2. The zero-order valence-electron chi connectivity index (χ0n) is 14.6. The zero-order valence-corrected chi connectivity index (χ0v) is 14.6. The Morgan fingerprint density at radius 3 is 2.62 bits per heavy atom. The van der Waals surface area contributed by atoms with E-state index < -0.39 is 0 Å². The van der Waals surface area contributed by atoms with Crippen molar-refractivity contribution in [3.63, 3.8) is 0 Å². The Bertz CT molecular complexity index is 1100. The summed E-state index contributed by atoms with van der Waals surface area (Å²) in [4.78, 5) is 17.0. The number of amides is 1. The Balaban J connectivity index is 1.65. The van der Waals surface area contributed by atoms with Crippen LogP contribution >= 0.6 is 0 Å². The number of hydrogen-bond acceptors (Lipinski definition) is 4. The van der Waals surface area contributed by atoms with Crippen molar-refractivity contribution >= 4 is 33.6 Å². The molecule has 0 spiro atoms. The first-order valence-electron chi connectivity index (χ1n) is 8.45. The van der Waals surface area contributed by atoms with Crippen molar-refractivity contribution in [2.75, 3.05) is 12.4 Å². The van der Waals surface area contributed by atoms with Crippen LogP contribution in [-0.4, -0.2) is 18.0 Å². The van der Waals surface area contributed by atoms with Crippen molar-refractivity contribution in [2.45, 2.75) is 13.3 Å². The zero-order chi connectivity index (χ0) is 18.1. The van der Waals surface area contributed by atoms with Crippen LogP contribution in [0.2, 0.25) is 0 Å². The number of nitrogens with zero attached hydrogens (tertiary/aromatic N) is 1. The number of aryl methyl sites for hydroxylation is 1. The minimum atomic E-state index is -0.297. The lowest BCUT2D eigenvalue weighted by atomic mass is 10.1. The van der Waals surface area contributed by atoms with E-state index in [1.54, 1.807) is 13.2 Å². The molecule has 2 aromatic carbocycles. The number of fused-ring (bicyclic) bond motifs is 2. The van der Waals surface area contributed by atoms with Crippen LogP contribution in [0.15, 0.2) is 59.0 Å². The van der Waals surface area contributed by atoms with E-state index >= 15 is 0 Å². The van der Waals surface area contributed by atoms with Gasteiger partial charge in [-0.05, 0) is 54.4 Å². The van der Waals surface area contributed by atoms with Gasteiger partial charge in [0, 0.05) is 16.5 Å². The number of aromatic nitrogens is 1. The molecule has 2 aromatic heterocycles. The topological polar surface area (TPSA) is 64.4 Å². The molecule has 26 heavy (non-hydrogen) atoms. The molecule has 0 unspecified atom stereocenters. The van der Waals surface area contributed by atoms with E-state index in [0.717, 1.165) is 34.1 Å². The molecule has 0 radical (unpaired) electrons. The fourth-order valence-electron chi connectivity index (χ4n) is 2.87.